The zero-order chi connectivity index (χ0) is 13.9. The lowest BCUT2D eigenvalue weighted by molar-refractivity contribution is -0.137. The Balaban J connectivity index is 2.33. The van der Waals surface area contributed by atoms with Crippen molar-refractivity contribution >= 4 is 5.82 Å². The van der Waals surface area contributed by atoms with E-state index in [4.69, 9.17) is 4.74 Å². The number of alkyl halides is 3. The molecule has 19 heavy (non-hydrogen) atoms. The normalized spacial score (nSPS) is 20.6. The van der Waals surface area contributed by atoms with Crippen LogP contribution < -0.4 is 10.2 Å². The molecule has 1 aliphatic rings. The summed E-state index contributed by atoms with van der Waals surface area (Å²) in [7, 11) is 1.76. The second kappa shape index (κ2) is 5.75. The zero-order valence-corrected chi connectivity index (χ0v) is 10.6. The fourth-order valence-electron chi connectivity index (χ4n) is 2.19. The average molecular weight is 275 g/mol. The first-order chi connectivity index (χ1) is 9.04. The molecule has 1 aliphatic heterocycles. The molecule has 1 unspecified atom stereocenters. The average Bonchev–Trinajstić information content (AvgIpc) is 2.39. The van der Waals surface area contributed by atoms with Crippen molar-refractivity contribution in [1.82, 2.24) is 10.3 Å². The molecule has 0 spiro atoms. The summed E-state index contributed by atoms with van der Waals surface area (Å²) in [5.41, 5.74) is -0.696. The van der Waals surface area contributed by atoms with Crippen LogP contribution >= 0.6 is 0 Å². The third kappa shape index (κ3) is 3.16. The van der Waals surface area contributed by atoms with E-state index in [1.807, 2.05) is 0 Å². The minimum atomic E-state index is -4.40. The summed E-state index contributed by atoms with van der Waals surface area (Å²) in [4.78, 5) is 5.59. The van der Waals surface area contributed by atoms with Crippen molar-refractivity contribution in [1.29, 1.82) is 0 Å². The summed E-state index contributed by atoms with van der Waals surface area (Å²) < 4.78 is 44.3. The first-order valence-corrected chi connectivity index (χ1v) is 6.05. The van der Waals surface area contributed by atoms with Gasteiger partial charge in [-0.1, -0.05) is 0 Å². The maximum absolute atomic E-state index is 13.0. The molecule has 0 aliphatic carbocycles. The van der Waals surface area contributed by atoms with Gasteiger partial charge in [0.25, 0.3) is 0 Å². The Labute approximate surface area is 109 Å². The number of aromatic nitrogens is 1. The molecule has 0 saturated carbocycles. The molecule has 2 rings (SSSR count). The summed E-state index contributed by atoms with van der Waals surface area (Å²) in [5.74, 6) is -0.0152. The van der Waals surface area contributed by atoms with Crippen LogP contribution in [0.1, 0.15) is 5.56 Å². The van der Waals surface area contributed by atoms with E-state index >= 15 is 0 Å². The summed E-state index contributed by atoms with van der Waals surface area (Å²) in [6.45, 7) is 1.77. The highest BCUT2D eigenvalue weighted by Crippen LogP contribution is 2.36. The predicted octanol–water partition coefficient (Wildman–Crippen LogP) is 1.53. The van der Waals surface area contributed by atoms with Crippen molar-refractivity contribution in [2.75, 3.05) is 38.3 Å². The summed E-state index contributed by atoms with van der Waals surface area (Å²) >= 11 is 0. The summed E-state index contributed by atoms with van der Waals surface area (Å²) in [5, 5.41) is 2.96. The van der Waals surface area contributed by atoms with E-state index in [1.165, 1.54) is 12.3 Å². The SMILES string of the molecule is CNCC1COCCN1c1ncccc1C(F)(F)F. The van der Waals surface area contributed by atoms with E-state index in [2.05, 4.69) is 10.3 Å². The molecule has 4 nitrogen and oxygen atoms in total. The molecule has 1 aromatic heterocycles. The largest absolute Gasteiger partial charge is 0.419 e. The van der Waals surface area contributed by atoms with E-state index < -0.39 is 11.7 Å². The first-order valence-electron chi connectivity index (χ1n) is 6.05. The Morgan fingerprint density at radius 1 is 1.53 bits per heavy atom. The third-order valence-corrected chi connectivity index (χ3v) is 3.03. The van der Waals surface area contributed by atoms with Crippen molar-refractivity contribution in [3.8, 4) is 0 Å². The lowest BCUT2D eigenvalue weighted by Gasteiger charge is -2.37. The molecular weight excluding hydrogens is 259 g/mol. The van der Waals surface area contributed by atoms with Crippen LogP contribution in [0, 0.1) is 0 Å². The van der Waals surface area contributed by atoms with Gasteiger partial charge in [-0.15, -0.1) is 0 Å². The molecule has 1 N–H and O–H groups in total. The number of ether oxygens (including phenoxy) is 1. The summed E-state index contributed by atoms with van der Waals surface area (Å²) in [6.07, 6.45) is -3.01. The van der Waals surface area contributed by atoms with Crippen LogP contribution in [-0.2, 0) is 10.9 Å². The third-order valence-electron chi connectivity index (χ3n) is 3.03. The molecule has 7 heteroatoms. The topological polar surface area (TPSA) is 37.4 Å². The van der Waals surface area contributed by atoms with Crippen LogP contribution in [0.3, 0.4) is 0 Å². The molecule has 1 atom stereocenters. The second-order valence-corrected chi connectivity index (χ2v) is 4.35. The van der Waals surface area contributed by atoms with Gasteiger partial charge in [0.05, 0.1) is 24.8 Å². The number of anilines is 1. The van der Waals surface area contributed by atoms with Gasteiger partial charge < -0.3 is 15.0 Å². The van der Waals surface area contributed by atoms with E-state index in [1.54, 1.807) is 11.9 Å². The number of pyridine rings is 1. The zero-order valence-electron chi connectivity index (χ0n) is 10.6. The van der Waals surface area contributed by atoms with Crippen LogP contribution in [0.15, 0.2) is 18.3 Å². The molecule has 0 bridgehead atoms. The smallest absolute Gasteiger partial charge is 0.377 e. The molecule has 1 saturated heterocycles. The first kappa shape index (κ1) is 14.1. The van der Waals surface area contributed by atoms with Crippen molar-refractivity contribution in [3.63, 3.8) is 0 Å². The van der Waals surface area contributed by atoms with E-state index in [0.29, 0.717) is 26.3 Å². The van der Waals surface area contributed by atoms with Gasteiger partial charge in [-0.25, -0.2) is 4.98 Å². The number of nitrogens with one attached hydrogen (secondary N) is 1. The fraction of sp³-hybridized carbons (Fsp3) is 0.583. The van der Waals surface area contributed by atoms with E-state index in [9.17, 15) is 13.2 Å². The standard InChI is InChI=1S/C12H16F3N3O/c1-16-7-9-8-19-6-5-18(9)11-10(12(13,14)15)3-2-4-17-11/h2-4,9,16H,5-8H2,1H3. The van der Waals surface area contributed by atoms with Crippen molar-refractivity contribution in [3.05, 3.63) is 23.9 Å². The maximum Gasteiger partial charge on any atom is 0.419 e. The number of morpholine rings is 1. The molecule has 1 aromatic rings. The van der Waals surface area contributed by atoms with Gasteiger partial charge in [0, 0.05) is 19.3 Å². The highest BCUT2D eigenvalue weighted by atomic mass is 19.4. The van der Waals surface area contributed by atoms with Gasteiger partial charge >= 0.3 is 6.18 Å². The molecule has 1 fully saturated rings. The Bertz CT molecular complexity index is 423. The van der Waals surface area contributed by atoms with Crippen LogP contribution in [0.2, 0.25) is 0 Å². The van der Waals surface area contributed by atoms with Crippen LogP contribution in [0.25, 0.3) is 0 Å². The quantitative estimate of drug-likeness (QED) is 0.907. The van der Waals surface area contributed by atoms with E-state index in [-0.39, 0.29) is 11.9 Å². The number of hydrogen-bond donors (Lipinski definition) is 1. The van der Waals surface area contributed by atoms with Crippen LogP contribution in [0.4, 0.5) is 19.0 Å². The van der Waals surface area contributed by atoms with Crippen molar-refractivity contribution in [2.45, 2.75) is 12.2 Å². The minimum absolute atomic E-state index is 0.0152. The van der Waals surface area contributed by atoms with Crippen LogP contribution in [-0.4, -0.2) is 44.4 Å². The molecule has 2 heterocycles. The van der Waals surface area contributed by atoms with Crippen molar-refractivity contribution in [2.24, 2.45) is 0 Å². The van der Waals surface area contributed by atoms with Gasteiger partial charge in [0.1, 0.15) is 5.82 Å². The lowest BCUT2D eigenvalue weighted by Crippen LogP contribution is -2.51. The molecular formula is C12H16F3N3O. The molecule has 0 radical (unpaired) electrons. The van der Waals surface area contributed by atoms with Crippen molar-refractivity contribution < 1.29 is 17.9 Å². The highest BCUT2D eigenvalue weighted by Gasteiger charge is 2.37. The van der Waals surface area contributed by atoms with Gasteiger partial charge in [-0.2, -0.15) is 13.2 Å². The Hall–Kier alpha value is -1.34. The fourth-order valence-corrected chi connectivity index (χ4v) is 2.19. The number of halogens is 3. The Kier molecular flexibility index (Phi) is 4.26. The number of nitrogens with zero attached hydrogens (tertiary/aromatic N) is 2. The number of rotatable bonds is 3. The van der Waals surface area contributed by atoms with Gasteiger partial charge in [0.15, 0.2) is 0 Å². The number of likely N-dealkylation sites (N-methyl/N-ethyl adjacent to an activating group) is 1. The maximum atomic E-state index is 13.0. The monoisotopic (exact) mass is 275 g/mol. The van der Waals surface area contributed by atoms with Gasteiger partial charge in [0.2, 0.25) is 0 Å². The minimum Gasteiger partial charge on any atom is -0.377 e. The molecule has 0 aromatic carbocycles. The second-order valence-electron chi connectivity index (χ2n) is 4.35. The lowest BCUT2D eigenvalue weighted by atomic mass is 10.1. The molecule has 0 amide bonds. The van der Waals surface area contributed by atoms with Gasteiger partial charge in [-0.05, 0) is 19.2 Å². The summed E-state index contributed by atoms with van der Waals surface area (Å²) in [6, 6.07) is 2.23. The number of hydrogen-bond acceptors (Lipinski definition) is 4. The van der Waals surface area contributed by atoms with Gasteiger partial charge in [-0.3, -0.25) is 0 Å². The highest BCUT2D eigenvalue weighted by molar-refractivity contribution is 5.49. The Morgan fingerprint density at radius 2 is 2.32 bits per heavy atom. The van der Waals surface area contributed by atoms with Crippen LogP contribution in [0.5, 0.6) is 0 Å². The van der Waals surface area contributed by atoms with E-state index in [0.717, 1.165) is 6.07 Å². The Morgan fingerprint density at radius 3 is 3.00 bits per heavy atom. The predicted molar refractivity (Wildman–Crippen MR) is 65.1 cm³/mol. The molecule has 106 valence electrons.